The van der Waals surface area contributed by atoms with Crippen LogP contribution in [0.1, 0.15) is 149 Å². The standard InChI is InChI=1S/C57H63BN2S2/c1-32-24-43-47-44(25-32)60(36-22-18-34(19-23-36)53(5,6)7)49-38-27-40-42(57(14,15)31-55(40,10)11)29-46(38)62-51(49)58(47)50-48(59(43)35-20-16-33(17-21-35)52(2,3)4)37-26-39-41(28-45(37)61-50)56(12,13)30-54(39,8)9/h16-29H,30-31H2,1-15H3. The van der Waals surface area contributed by atoms with E-state index in [1.54, 1.807) is 0 Å². The topological polar surface area (TPSA) is 6.48 Å². The number of aryl methyl sites for hydroxylation is 1. The van der Waals surface area contributed by atoms with Gasteiger partial charge in [0, 0.05) is 52.5 Å². The maximum absolute atomic E-state index is 2.67. The Morgan fingerprint density at radius 2 is 0.823 bits per heavy atom. The fraction of sp³-hybridized carbons (Fsp3) is 0.404. The van der Waals surface area contributed by atoms with Crippen molar-refractivity contribution >= 4 is 98.7 Å². The summed E-state index contributed by atoms with van der Waals surface area (Å²) in [6.45, 7) is 36.0. The number of fused-ring (bicyclic) bond motifs is 10. The SMILES string of the molecule is Cc1cc2c3c(c1)N(c1ccc(C(C)(C)C)cc1)c1c(sc4cc5c(cc14)C(C)(C)CC5(C)C)B3c1sc3cc4c(cc3c1N2c1ccc(C(C)(C)C)cc1)C(C)(C)CC4(C)C. The van der Waals surface area contributed by atoms with Gasteiger partial charge in [-0.25, -0.2) is 0 Å². The maximum Gasteiger partial charge on any atom is 0.277 e. The molecule has 2 nitrogen and oxygen atoms in total. The van der Waals surface area contributed by atoms with Crippen LogP contribution in [0.3, 0.4) is 0 Å². The summed E-state index contributed by atoms with van der Waals surface area (Å²) in [7, 11) is 0. The van der Waals surface area contributed by atoms with Crippen molar-refractivity contribution in [1.29, 1.82) is 0 Å². The van der Waals surface area contributed by atoms with Crippen LogP contribution in [0.15, 0.2) is 84.9 Å². The Labute approximate surface area is 379 Å². The minimum absolute atomic E-state index is 0.0679. The number of rotatable bonds is 2. The molecule has 62 heavy (non-hydrogen) atoms. The van der Waals surface area contributed by atoms with Gasteiger partial charge in [-0.2, -0.15) is 0 Å². The molecule has 0 bridgehead atoms. The van der Waals surface area contributed by atoms with Crippen LogP contribution < -0.4 is 24.8 Å². The molecule has 0 unspecified atom stereocenters. The molecule has 316 valence electrons. The Morgan fingerprint density at radius 3 is 1.16 bits per heavy atom. The summed E-state index contributed by atoms with van der Waals surface area (Å²) in [5.74, 6) is 0. The average Bonchev–Trinajstić information content (AvgIpc) is 3.83. The molecule has 0 radical (unpaired) electrons. The second-order valence-corrected chi connectivity index (χ2v) is 26.4. The van der Waals surface area contributed by atoms with Gasteiger partial charge in [-0.3, -0.25) is 0 Å². The number of anilines is 6. The second kappa shape index (κ2) is 12.5. The first-order chi connectivity index (χ1) is 28.9. The van der Waals surface area contributed by atoms with Gasteiger partial charge in [0.1, 0.15) is 0 Å². The average molecular weight is 851 g/mol. The Kier molecular flexibility index (Phi) is 8.14. The van der Waals surface area contributed by atoms with E-state index in [9.17, 15) is 0 Å². The molecule has 5 aromatic carbocycles. The van der Waals surface area contributed by atoms with Crippen molar-refractivity contribution in [3.8, 4) is 0 Å². The molecule has 2 aliphatic heterocycles. The van der Waals surface area contributed by atoms with Gasteiger partial charge in [0.25, 0.3) is 6.71 Å². The first kappa shape index (κ1) is 40.5. The molecule has 0 saturated heterocycles. The van der Waals surface area contributed by atoms with Crippen LogP contribution in [0.2, 0.25) is 0 Å². The van der Waals surface area contributed by atoms with E-state index >= 15 is 0 Å². The molecule has 0 atom stereocenters. The quantitative estimate of drug-likeness (QED) is 0.160. The highest BCUT2D eigenvalue weighted by atomic mass is 32.1. The lowest BCUT2D eigenvalue weighted by Gasteiger charge is -2.42. The lowest BCUT2D eigenvalue weighted by Crippen LogP contribution is -2.59. The van der Waals surface area contributed by atoms with Crippen LogP contribution in [-0.4, -0.2) is 6.71 Å². The van der Waals surface area contributed by atoms with Crippen LogP contribution in [0, 0.1) is 6.92 Å². The summed E-state index contributed by atoms with van der Waals surface area (Å²) in [6.07, 6.45) is 2.33. The van der Waals surface area contributed by atoms with Crippen molar-refractivity contribution in [2.24, 2.45) is 0 Å². The number of benzene rings is 5. The van der Waals surface area contributed by atoms with Crippen molar-refractivity contribution < 1.29 is 0 Å². The van der Waals surface area contributed by atoms with Gasteiger partial charge in [0.05, 0.1) is 11.4 Å². The number of hydrogen-bond donors (Lipinski definition) is 0. The molecule has 5 heteroatoms. The molecule has 4 heterocycles. The van der Waals surface area contributed by atoms with Gasteiger partial charge in [-0.15, -0.1) is 22.7 Å². The minimum Gasteiger partial charge on any atom is -0.310 e. The number of thiophene rings is 2. The van der Waals surface area contributed by atoms with Crippen molar-refractivity contribution in [1.82, 2.24) is 0 Å². The van der Waals surface area contributed by atoms with E-state index < -0.39 is 0 Å². The third-order valence-corrected chi connectivity index (χ3v) is 17.8. The van der Waals surface area contributed by atoms with E-state index in [0.29, 0.717) is 0 Å². The largest absolute Gasteiger partial charge is 0.310 e. The van der Waals surface area contributed by atoms with E-state index in [1.807, 2.05) is 0 Å². The Morgan fingerprint density at radius 1 is 0.484 bits per heavy atom. The van der Waals surface area contributed by atoms with Gasteiger partial charge in [0.15, 0.2) is 0 Å². The van der Waals surface area contributed by atoms with Crippen LogP contribution in [0.25, 0.3) is 20.2 Å². The van der Waals surface area contributed by atoms with E-state index in [0.717, 1.165) is 12.8 Å². The predicted molar refractivity (Wildman–Crippen MR) is 275 cm³/mol. The van der Waals surface area contributed by atoms with E-state index in [4.69, 9.17) is 0 Å². The summed E-state index contributed by atoms with van der Waals surface area (Å²) in [5, 5.41) is 2.79. The fourth-order valence-electron chi connectivity index (χ4n) is 12.8. The highest BCUT2D eigenvalue weighted by molar-refractivity contribution is 7.40. The van der Waals surface area contributed by atoms with Crippen LogP contribution in [-0.2, 0) is 32.5 Å². The Balaban J connectivity index is 1.26. The molecule has 0 amide bonds. The monoisotopic (exact) mass is 850 g/mol. The molecule has 2 aromatic heterocycles. The van der Waals surface area contributed by atoms with Crippen molar-refractivity contribution in [2.45, 2.75) is 149 Å². The second-order valence-electron chi connectivity index (χ2n) is 24.2. The molecular weight excluding hydrogens is 788 g/mol. The highest BCUT2D eigenvalue weighted by Gasteiger charge is 2.50. The first-order valence-corrected chi connectivity index (χ1v) is 24.7. The van der Waals surface area contributed by atoms with Gasteiger partial charge >= 0.3 is 0 Å². The number of hydrogen-bond acceptors (Lipinski definition) is 4. The zero-order valence-corrected chi connectivity index (χ0v) is 41.4. The Hall–Kier alpha value is -4.32. The molecule has 0 fully saturated rings. The van der Waals surface area contributed by atoms with Gasteiger partial charge in [-0.05, 0) is 157 Å². The molecule has 4 aliphatic rings. The van der Waals surface area contributed by atoms with Gasteiger partial charge in [-0.1, -0.05) is 121 Å². The zero-order chi connectivity index (χ0) is 44.0. The van der Waals surface area contributed by atoms with Crippen molar-refractivity contribution in [2.75, 3.05) is 9.80 Å². The lowest BCUT2D eigenvalue weighted by atomic mass is 9.39. The summed E-state index contributed by atoms with van der Waals surface area (Å²) < 4.78 is 5.76. The minimum atomic E-state index is 0.0679. The van der Waals surface area contributed by atoms with Gasteiger partial charge in [0.2, 0.25) is 0 Å². The van der Waals surface area contributed by atoms with Crippen LogP contribution in [0.5, 0.6) is 0 Å². The van der Waals surface area contributed by atoms with Gasteiger partial charge < -0.3 is 9.80 Å². The van der Waals surface area contributed by atoms with Crippen molar-refractivity contribution in [3.63, 3.8) is 0 Å². The zero-order valence-electron chi connectivity index (χ0n) is 39.8. The summed E-state index contributed by atoms with van der Waals surface area (Å²) in [5.41, 5.74) is 19.9. The molecule has 0 N–H and O–H groups in total. The third-order valence-electron chi connectivity index (χ3n) is 15.3. The Bertz CT molecular complexity index is 2840. The smallest absolute Gasteiger partial charge is 0.277 e. The maximum atomic E-state index is 2.67. The van der Waals surface area contributed by atoms with E-state index in [2.05, 4.69) is 221 Å². The number of nitrogens with zero attached hydrogens (tertiary/aromatic N) is 2. The normalized spacial score (nSPS) is 18.9. The molecule has 7 aromatic rings. The molecule has 0 spiro atoms. The van der Waals surface area contributed by atoms with E-state index in [1.165, 1.54) is 108 Å². The summed E-state index contributed by atoms with van der Waals surface area (Å²) in [6, 6.07) is 34.5. The molecule has 2 aliphatic carbocycles. The molecule has 0 saturated carbocycles. The van der Waals surface area contributed by atoms with Crippen LogP contribution in [0.4, 0.5) is 34.1 Å². The lowest BCUT2D eigenvalue weighted by molar-refractivity contribution is 0.403. The van der Waals surface area contributed by atoms with Crippen LogP contribution >= 0.6 is 22.7 Å². The molecule has 11 rings (SSSR count). The summed E-state index contributed by atoms with van der Waals surface area (Å²) in [4.78, 5) is 5.34. The summed E-state index contributed by atoms with van der Waals surface area (Å²) >= 11 is 4.12. The van der Waals surface area contributed by atoms with E-state index in [-0.39, 0.29) is 39.2 Å². The molecular formula is C57H63BN2S2. The predicted octanol–water partition coefficient (Wildman–Crippen LogP) is 15.0. The van der Waals surface area contributed by atoms with Crippen molar-refractivity contribution in [3.05, 3.63) is 124 Å². The highest BCUT2D eigenvalue weighted by Crippen LogP contribution is 2.57. The first-order valence-electron chi connectivity index (χ1n) is 23.0. The fourth-order valence-corrected chi connectivity index (χ4v) is 15.5. The third kappa shape index (κ3) is 5.65.